The molecule has 3 aromatic rings. The Morgan fingerprint density at radius 3 is 2.52 bits per heavy atom. The number of hydrogen-bond donors (Lipinski definition) is 0. The summed E-state index contributed by atoms with van der Waals surface area (Å²) in [4.78, 5) is 27.4. The molecule has 1 saturated heterocycles. The van der Waals surface area contributed by atoms with Crippen LogP contribution in [0.4, 0.5) is 5.95 Å². The van der Waals surface area contributed by atoms with Gasteiger partial charge in [-0.05, 0) is 34.0 Å². The maximum atomic E-state index is 13.0. The summed E-state index contributed by atoms with van der Waals surface area (Å²) in [6, 6.07) is 8.15. The lowest BCUT2D eigenvalue weighted by molar-refractivity contribution is 0.0739. The summed E-state index contributed by atoms with van der Waals surface area (Å²) in [5, 5.41) is 0. The molecule has 3 heterocycles. The van der Waals surface area contributed by atoms with E-state index in [4.69, 9.17) is 4.98 Å². The van der Waals surface area contributed by atoms with Gasteiger partial charge in [0.15, 0.2) is 3.92 Å². The SMILES string of the molecule is CC(C)c1sc(Br)nc1C(=O)N1CCN(c2nc3ccccc3n2C)CC1. The van der Waals surface area contributed by atoms with Crippen molar-refractivity contribution >= 4 is 50.2 Å². The minimum absolute atomic E-state index is 0.0327. The Hall–Kier alpha value is -1.93. The first kappa shape index (κ1) is 18.4. The third-order valence-corrected chi connectivity index (χ3v) is 6.77. The van der Waals surface area contributed by atoms with Crippen LogP contribution in [-0.2, 0) is 7.05 Å². The first-order valence-electron chi connectivity index (χ1n) is 9.07. The van der Waals surface area contributed by atoms with E-state index in [1.165, 1.54) is 0 Å². The molecule has 1 aliphatic rings. The first-order chi connectivity index (χ1) is 13.0. The molecule has 0 unspecified atom stereocenters. The van der Waals surface area contributed by atoms with Gasteiger partial charge in [-0.25, -0.2) is 9.97 Å². The van der Waals surface area contributed by atoms with Crippen LogP contribution >= 0.6 is 27.3 Å². The number of piperazine rings is 1. The van der Waals surface area contributed by atoms with Gasteiger partial charge in [0.1, 0.15) is 5.69 Å². The fourth-order valence-electron chi connectivity index (χ4n) is 3.52. The molecule has 1 aromatic carbocycles. The molecule has 6 nitrogen and oxygen atoms in total. The van der Waals surface area contributed by atoms with E-state index in [1.54, 1.807) is 11.3 Å². The van der Waals surface area contributed by atoms with Crippen molar-refractivity contribution in [2.75, 3.05) is 31.1 Å². The number of aryl methyl sites for hydroxylation is 1. The van der Waals surface area contributed by atoms with E-state index in [0.29, 0.717) is 18.8 Å². The zero-order valence-corrected chi connectivity index (χ0v) is 18.0. The second-order valence-electron chi connectivity index (χ2n) is 7.07. The number of halogens is 1. The number of benzene rings is 1. The van der Waals surface area contributed by atoms with Gasteiger partial charge in [-0.3, -0.25) is 4.79 Å². The minimum atomic E-state index is 0.0327. The lowest BCUT2D eigenvalue weighted by atomic mass is 10.1. The van der Waals surface area contributed by atoms with Crippen molar-refractivity contribution in [3.63, 3.8) is 0 Å². The highest BCUT2D eigenvalue weighted by Crippen LogP contribution is 2.31. The topological polar surface area (TPSA) is 54.3 Å². The molecule has 0 saturated carbocycles. The summed E-state index contributed by atoms with van der Waals surface area (Å²) >= 11 is 4.98. The normalized spacial score (nSPS) is 15.1. The molecule has 1 fully saturated rings. The highest BCUT2D eigenvalue weighted by atomic mass is 79.9. The lowest BCUT2D eigenvalue weighted by Gasteiger charge is -2.35. The third kappa shape index (κ3) is 3.36. The number of para-hydroxylation sites is 2. The molecule has 0 aliphatic carbocycles. The molecule has 142 valence electrons. The zero-order valence-electron chi connectivity index (χ0n) is 15.6. The van der Waals surface area contributed by atoms with Crippen LogP contribution in [0, 0.1) is 0 Å². The average Bonchev–Trinajstić information content (AvgIpc) is 3.22. The Kier molecular flexibility index (Phi) is 4.94. The molecule has 0 radical (unpaired) electrons. The Labute approximate surface area is 170 Å². The fraction of sp³-hybridized carbons (Fsp3) is 0.421. The highest BCUT2D eigenvalue weighted by molar-refractivity contribution is 9.11. The van der Waals surface area contributed by atoms with Crippen molar-refractivity contribution in [3.05, 3.63) is 38.8 Å². The highest BCUT2D eigenvalue weighted by Gasteiger charge is 2.28. The molecule has 27 heavy (non-hydrogen) atoms. The van der Waals surface area contributed by atoms with Crippen LogP contribution in [0.3, 0.4) is 0 Å². The van der Waals surface area contributed by atoms with Crippen LogP contribution < -0.4 is 4.90 Å². The number of carbonyl (C=O) groups excluding carboxylic acids is 1. The molecule has 2 aromatic heterocycles. The smallest absolute Gasteiger partial charge is 0.273 e. The van der Waals surface area contributed by atoms with Gasteiger partial charge in [0.2, 0.25) is 5.95 Å². The van der Waals surface area contributed by atoms with Gasteiger partial charge >= 0.3 is 0 Å². The predicted molar refractivity (Wildman–Crippen MR) is 113 cm³/mol. The van der Waals surface area contributed by atoms with Crippen molar-refractivity contribution in [2.24, 2.45) is 7.05 Å². The van der Waals surface area contributed by atoms with E-state index in [2.05, 4.69) is 50.3 Å². The molecule has 1 aliphatic heterocycles. The third-order valence-electron chi connectivity index (χ3n) is 4.97. The van der Waals surface area contributed by atoms with E-state index in [1.807, 2.05) is 30.1 Å². The van der Waals surface area contributed by atoms with E-state index in [9.17, 15) is 4.79 Å². The number of imidazole rings is 1. The van der Waals surface area contributed by atoms with Crippen LogP contribution in [0.2, 0.25) is 0 Å². The molecule has 0 atom stereocenters. The quantitative estimate of drug-likeness (QED) is 0.611. The van der Waals surface area contributed by atoms with Gasteiger partial charge < -0.3 is 14.4 Å². The number of anilines is 1. The number of thiazole rings is 1. The van der Waals surface area contributed by atoms with Gasteiger partial charge in [0, 0.05) is 38.1 Å². The number of carbonyl (C=O) groups is 1. The van der Waals surface area contributed by atoms with Gasteiger partial charge in [-0.15, -0.1) is 11.3 Å². The van der Waals surface area contributed by atoms with Gasteiger partial charge in [0.05, 0.1) is 11.0 Å². The number of fused-ring (bicyclic) bond motifs is 1. The van der Waals surface area contributed by atoms with E-state index in [-0.39, 0.29) is 11.8 Å². The molecular weight excluding hydrogens is 426 g/mol. The molecule has 8 heteroatoms. The van der Waals surface area contributed by atoms with Crippen molar-refractivity contribution in [1.29, 1.82) is 0 Å². The van der Waals surface area contributed by atoms with Crippen molar-refractivity contribution in [2.45, 2.75) is 19.8 Å². The van der Waals surface area contributed by atoms with Crippen LogP contribution in [0.5, 0.6) is 0 Å². The van der Waals surface area contributed by atoms with Crippen molar-refractivity contribution in [1.82, 2.24) is 19.4 Å². The Balaban J connectivity index is 1.50. The van der Waals surface area contributed by atoms with Gasteiger partial charge in [-0.1, -0.05) is 26.0 Å². The molecular formula is C19H22BrN5OS. The van der Waals surface area contributed by atoms with E-state index in [0.717, 1.165) is 38.9 Å². The van der Waals surface area contributed by atoms with Crippen LogP contribution in [0.1, 0.15) is 35.1 Å². The number of rotatable bonds is 3. The molecule has 0 bridgehead atoms. The summed E-state index contributed by atoms with van der Waals surface area (Å²) in [6.07, 6.45) is 0. The molecule has 0 spiro atoms. The number of amides is 1. The van der Waals surface area contributed by atoms with Crippen LogP contribution in [0.25, 0.3) is 11.0 Å². The summed E-state index contributed by atoms with van der Waals surface area (Å²) in [5.74, 6) is 1.28. The second-order valence-corrected chi connectivity index (χ2v) is 9.38. The second kappa shape index (κ2) is 7.24. The van der Waals surface area contributed by atoms with Crippen LogP contribution in [-0.4, -0.2) is 51.5 Å². The van der Waals surface area contributed by atoms with Gasteiger partial charge in [-0.2, -0.15) is 0 Å². The van der Waals surface area contributed by atoms with E-state index >= 15 is 0 Å². The monoisotopic (exact) mass is 447 g/mol. The Morgan fingerprint density at radius 2 is 1.85 bits per heavy atom. The number of aromatic nitrogens is 3. The van der Waals surface area contributed by atoms with Crippen LogP contribution in [0.15, 0.2) is 28.2 Å². The van der Waals surface area contributed by atoms with Gasteiger partial charge in [0.25, 0.3) is 5.91 Å². The first-order valence-corrected chi connectivity index (χ1v) is 10.7. The molecule has 4 rings (SSSR count). The minimum Gasteiger partial charge on any atom is -0.339 e. The fourth-order valence-corrected chi connectivity index (χ4v) is 5.01. The van der Waals surface area contributed by atoms with E-state index < -0.39 is 0 Å². The molecule has 0 N–H and O–H groups in total. The zero-order chi connectivity index (χ0) is 19.1. The molecule has 1 amide bonds. The largest absolute Gasteiger partial charge is 0.339 e. The maximum absolute atomic E-state index is 13.0. The summed E-state index contributed by atoms with van der Waals surface area (Å²) < 4.78 is 2.90. The number of hydrogen-bond acceptors (Lipinski definition) is 5. The standard InChI is InChI=1S/C19H22BrN5OS/c1-12(2)16-15(22-18(20)27-16)17(26)24-8-10-25(11-9-24)19-21-13-6-4-5-7-14(13)23(19)3/h4-7,12H,8-11H2,1-3H3. The Morgan fingerprint density at radius 1 is 1.15 bits per heavy atom. The summed E-state index contributed by atoms with van der Waals surface area (Å²) in [5.41, 5.74) is 2.72. The predicted octanol–water partition coefficient (Wildman–Crippen LogP) is 3.88. The van der Waals surface area contributed by atoms with Crippen molar-refractivity contribution in [3.8, 4) is 0 Å². The summed E-state index contributed by atoms with van der Waals surface area (Å²) in [6.45, 7) is 7.08. The summed E-state index contributed by atoms with van der Waals surface area (Å²) in [7, 11) is 2.05. The average molecular weight is 448 g/mol. The number of nitrogens with zero attached hydrogens (tertiary/aromatic N) is 5. The maximum Gasteiger partial charge on any atom is 0.273 e. The Bertz CT molecular complexity index is 987. The lowest BCUT2D eigenvalue weighted by Crippen LogP contribution is -2.49. The van der Waals surface area contributed by atoms with Crippen molar-refractivity contribution < 1.29 is 4.79 Å².